The number of aromatic amines is 1. The third-order valence-corrected chi connectivity index (χ3v) is 2.69. The maximum absolute atomic E-state index is 12.2. The zero-order chi connectivity index (χ0) is 14.4. The van der Waals surface area contributed by atoms with Gasteiger partial charge in [0, 0.05) is 18.0 Å². The van der Waals surface area contributed by atoms with Crippen LogP contribution in [0.4, 0.5) is 0 Å². The molecular weight excluding hydrogens is 254 g/mol. The van der Waals surface area contributed by atoms with E-state index in [9.17, 15) is 4.79 Å². The van der Waals surface area contributed by atoms with Crippen molar-refractivity contribution in [3.05, 3.63) is 53.1 Å². The first-order valence-corrected chi connectivity index (χ1v) is 6.17. The minimum Gasteiger partial charge on any atom is -0.384 e. The summed E-state index contributed by atoms with van der Waals surface area (Å²) < 4.78 is 0. The lowest BCUT2D eigenvalue weighted by Gasteiger charge is -2.07. The molecule has 1 aromatic carbocycles. The first kappa shape index (κ1) is 13.8. The number of amides is 1. The zero-order valence-electron chi connectivity index (χ0n) is 11.1. The number of aliphatic hydroxyl groups is 1. The fourth-order valence-electron chi connectivity index (χ4n) is 1.74. The highest BCUT2D eigenvalue weighted by atomic mass is 16.2. The number of benzene rings is 1. The predicted octanol–water partition coefficient (Wildman–Crippen LogP) is 0.992. The van der Waals surface area contributed by atoms with Crippen molar-refractivity contribution < 1.29 is 9.90 Å². The molecule has 0 bridgehead atoms. The number of nitrogens with one attached hydrogen (secondary N) is 2. The molecule has 5 heteroatoms. The summed E-state index contributed by atoms with van der Waals surface area (Å²) in [6.07, 6.45) is 3.33. The lowest BCUT2D eigenvalue weighted by molar-refractivity contribution is 0.0949. The van der Waals surface area contributed by atoms with E-state index < -0.39 is 0 Å². The van der Waals surface area contributed by atoms with Gasteiger partial charge < -0.3 is 15.4 Å². The van der Waals surface area contributed by atoms with Gasteiger partial charge in [-0.3, -0.25) is 4.79 Å². The second-order valence-electron chi connectivity index (χ2n) is 4.23. The van der Waals surface area contributed by atoms with Crippen LogP contribution in [0.5, 0.6) is 0 Å². The van der Waals surface area contributed by atoms with Crippen LogP contribution in [0.1, 0.15) is 27.3 Å². The normalized spacial score (nSPS) is 9.70. The van der Waals surface area contributed by atoms with Crippen molar-refractivity contribution in [1.82, 2.24) is 15.3 Å². The van der Waals surface area contributed by atoms with Crippen molar-refractivity contribution in [3.63, 3.8) is 0 Å². The molecule has 0 spiro atoms. The van der Waals surface area contributed by atoms with Gasteiger partial charge in [0.25, 0.3) is 5.91 Å². The van der Waals surface area contributed by atoms with E-state index in [0.29, 0.717) is 23.5 Å². The zero-order valence-corrected chi connectivity index (χ0v) is 11.1. The summed E-state index contributed by atoms with van der Waals surface area (Å²) in [4.78, 5) is 19.2. The van der Waals surface area contributed by atoms with Gasteiger partial charge in [-0.2, -0.15) is 0 Å². The third-order valence-electron chi connectivity index (χ3n) is 2.69. The minimum atomic E-state index is -0.235. The van der Waals surface area contributed by atoms with Gasteiger partial charge >= 0.3 is 0 Å². The first-order chi connectivity index (χ1) is 9.70. The van der Waals surface area contributed by atoms with E-state index >= 15 is 0 Å². The Morgan fingerprint density at radius 3 is 3.05 bits per heavy atom. The van der Waals surface area contributed by atoms with Gasteiger partial charge in [-0.1, -0.05) is 23.5 Å². The molecule has 0 radical (unpaired) electrons. The fourth-order valence-corrected chi connectivity index (χ4v) is 1.74. The van der Waals surface area contributed by atoms with Crippen molar-refractivity contribution in [1.29, 1.82) is 0 Å². The van der Waals surface area contributed by atoms with Crippen molar-refractivity contribution in [2.75, 3.05) is 6.61 Å². The molecule has 0 atom stereocenters. The van der Waals surface area contributed by atoms with Gasteiger partial charge in [0.2, 0.25) is 0 Å². The van der Waals surface area contributed by atoms with Gasteiger partial charge in [0.15, 0.2) is 0 Å². The number of carbonyl (C=O) groups is 1. The average Bonchev–Trinajstić information content (AvgIpc) is 2.96. The van der Waals surface area contributed by atoms with E-state index in [2.05, 4.69) is 27.1 Å². The maximum Gasteiger partial charge on any atom is 0.252 e. The molecule has 1 aromatic heterocycles. The smallest absolute Gasteiger partial charge is 0.252 e. The molecule has 0 saturated carbocycles. The van der Waals surface area contributed by atoms with Crippen LogP contribution in [-0.2, 0) is 6.54 Å². The quantitative estimate of drug-likeness (QED) is 0.727. The standard InChI is InChI=1S/C15H15N3O2/c1-11-4-5-12(3-2-8-19)13(9-11)15(20)18-10-14-16-6-7-17-14/h4-7,9,19H,8,10H2,1H3,(H,16,17)(H,18,20). The highest BCUT2D eigenvalue weighted by Gasteiger charge is 2.10. The van der Waals surface area contributed by atoms with E-state index in [1.54, 1.807) is 24.5 Å². The average molecular weight is 269 g/mol. The summed E-state index contributed by atoms with van der Waals surface area (Å²) in [7, 11) is 0. The molecular formula is C15H15N3O2. The summed E-state index contributed by atoms with van der Waals surface area (Å²) >= 11 is 0. The highest BCUT2D eigenvalue weighted by Crippen LogP contribution is 2.11. The number of imidazole rings is 1. The van der Waals surface area contributed by atoms with Gasteiger partial charge in [-0.25, -0.2) is 4.98 Å². The number of aliphatic hydroxyl groups excluding tert-OH is 1. The van der Waals surface area contributed by atoms with E-state index in [1.165, 1.54) is 0 Å². The van der Waals surface area contributed by atoms with Crippen LogP contribution >= 0.6 is 0 Å². The number of hydrogen-bond donors (Lipinski definition) is 3. The lowest BCUT2D eigenvalue weighted by atomic mass is 10.0. The summed E-state index contributed by atoms with van der Waals surface area (Å²) in [6.45, 7) is 2.00. The van der Waals surface area contributed by atoms with Crippen LogP contribution in [0.2, 0.25) is 0 Å². The second kappa shape index (κ2) is 6.55. The predicted molar refractivity (Wildman–Crippen MR) is 74.9 cm³/mol. The van der Waals surface area contributed by atoms with Gasteiger partial charge in [-0.15, -0.1) is 0 Å². The Hall–Kier alpha value is -2.58. The Kier molecular flexibility index (Phi) is 4.53. The molecule has 0 saturated heterocycles. The Balaban J connectivity index is 2.17. The number of H-pyrrole nitrogens is 1. The SMILES string of the molecule is Cc1ccc(C#CCO)c(C(=O)NCc2ncc[nH]2)c1. The lowest BCUT2D eigenvalue weighted by Crippen LogP contribution is -2.24. The van der Waals surface area contributed by atoms with E-state index in [-0.39, 0.29) is 12.5 Å². The topological polar surface area (TPSA) is 78.0 Å². The number of aromatic nitrogens is 2. The fraction of sp³-hybridized carbons (Fsp3) is 0.200. The van der Waals surface area contributed by atoms with E-state index in [4.69, 9.17) is 5.11 Å². The summed E-state index contributed by atoms with van der Waals surface area (Å²) in [5.41, 5.74) is 2.07. The molecule has 1 heterocycles. The summed E-state index contributed by atoms with van der Waals surface area (Å²) in [5.74, 6) is 5.81. The van der Waals surface area contributed by atoms with Crippen molar-refractivity contribution in [2.45, 2.75) is 13.5 Å². The van der Waals surface area contributed by atoms with Crippen molar-refractivity contribution >= 4 is 5.91 Å². The number of hydrogen-bond acceptors (Lipinski definition) is 3. The van der Waals surface area contributed by atoms with Crippen molar-refractivity contribution in [3.8, 4) is 11.8 Å². The van der Waals surface area contributed by atoms with Crippen molar-refractivity contribution in [2.24, 2.45) is 0 Å². The molecule has 0 unspecified atom stereocenters. The maximum atomic E-state index is 12.2. The molecule has 102 valence electrons. The molecule has 20 heavy (non-hydrogen) atoms. The monoisotopic (exact) mass is 269 g/mol. The minimum absolute atomic E-state index is 0.215. The Morgan fingerprint density at radius 2 is 2.35 bits per heavy atom. The summed E-state index contributed by atoms with van der Waals surface area (Å²) in [5, 5.41) is 11.5. The number of carbonyl (C=O) groups excluding carboxylic acids is 1. The highest BCUT2D eigenvalue weighted by molar-refractivity contribution is 5.96. The van der Waals surface area contributed by atoms with E-state index in [0.717, 1.165) is 5.56 Å². The Labute approximate surface area is 117 Å². The molecule has 2 aromatic rings. The van der Waals surface area contributed by atoms with Crippen LogP contribution in [-0.4, -0.2) is 27.6 Å². The molecule has 0 aliphatic rings. The van der Waals surface area contributed by atoms with Crippen LogP contribution in [0.15, 0.2) is 30.6 Å². The van der Waals surface area contributed by atoms with Gasteiger partial charge in [0.1, 0.15) is 12.4 Å². The van der Waals surface area contributed by atoms with E-state index in [1.807, 2.05) is 13.0 Å². The molecule has 0 fully saturated rings. The Morgan fingerprint density at radius 1 is 1.50 bits per heavy atom. The summed E-state index contributed by atoms with van der Waals surface area (Å²) in [6, 6.07) is 5.43. The first-order valence-electron chi connectivity index (χ1n) is 6.17. The second-order valence-corrected chi connectivity index (χ2v) is 4.23. The van der Waals surface area contributed by atoms with Gasteiger partial charge in [0.05, 0.1) is 12.1 Å². The third kappa shape index (κ3) is 3.46. The largest absolute Gasteiger partial charge is 0.384 e. The molecule has 1 amide bonds. The Bertz CT molecular complexity index is 651. The number of nitrogens with zero attached hydrogens (tertiary/aromatic N) is 1. The molecule has 5 nitrogen and oxygen atoms in total. The molecule has 2 rings (SSSR count). The van der Waals surface area contributed by atoms with Crippen LogP contribution < -0.4 is 5.32 Å². The molecule has 0 aliphatic carbocycles. The van der Waals surface area contributed by atoms with Crippen LogP contribution in [0.25, 0.3) is 0 Å². The van der Waals surface area contributed by atoms with Gasteiger partial charge in [-0.05, 0) is 19.1 Å². The molecule has 3 N–H and O–H groups in total. The van der Waals surface area contributed by atoms with Crippen LogP contribution in [0.3, 0.4) is 0 Å². The molecule has 0 aliphatic heterocycles. The number of aryl methyl sites for hydroxylation is 1. The number of rotatable bonds is 3. The van der Waals surface area contributed by atoms with Crippen LogP contribution in [0, 0.1) is 18.8 Å².